The molecule has 0 aliphatic carbocycles. The quantitative estimate of drug-likeness (QED) is 0.456. The summed E-state index contributed by atoms with van der Waals surface area (Å²) in [6, 6.07) is 4.87. The molecule has 0 aliphatic rings. The minimum absolute atomic E-state index is 0.0942. The van der Waals surface area contributed by atoms with E-state index in [1.807, 2.05) is 0 Å². The number of halogens is 1. The molecule has 0 saturated carbocycles. The number of rotatable bonds is 2. The first-order valence-corrected chi connectivity index (χ1v) is 4.76. The molecule has 80 valence electrons. The van der Waals surface area contributed by atoms with Crippen LogP contribution in [0.25, 0.3) is 11.1 Å². The molecule has 0 atom stereocenters. The van der Waals surface area contributed by atoms with Gasteiger partial charge in [-0.1, -0.05) is 17.7 Å². The third kappa shape index (κ3) is 1.99. The van der Waals surface area contributed by atoms with Gasteiger partial charge in [-0.3, -0.25) is 15.1 Å². The van der Waals surface area contributed by atoms with Gasteiger partial charge < -0.3 is 0 Å². The molecule has 0 spiro atoms. The van der Waals surface area contributed by atoms with Crippen molar-refractivity contribution in [2.45, 2.75) is 0 Å². The number of aromatic nitrogens is 2. The van der Waals surface area contributed by atoms with Crippen molar-refractivity contribution in [1.29, 1.82) is 0 Å². The Morgan fingerprint density at radius 1 is 1.38 bits per heavy atom. The maximum atomic E-state index is 10.6. The fourth-order valence-corrected chi connectivity index (χ4v) is 1.47. The van der Waals surface area contributed by atoms with Gasteiger partial charge in [0.25, 0.3) is 5.69 Å². The zero-order valence-corrected chi connectivity index (χ0v) is 8.76. The molecule has 0 fully saturated rings. The van der Waals surface area contributed by atoms with Crippen molar-refractivity contribution in [1.82, 2.24) is 9.97 Å². The van der Waals surface area contributed by atoms with Gasteiger partial charge >= 0.3 is 0 Å². The van der Waals surface area contributed by atoms with E-state index < -0.39 is 4.92 Å². The Kier molecular flexibility index (Phi) is 2.78. The third-order valence-electron chi connectivity index (χ3n) is 2.01. The lowest BCUT2D eigenvalue weighted by molar-refractivity contribution is -0.385. The van der Waals surface area contributed by atoms with E-state index >= 15 is 0 Å². The highest BCUT2D eigenvalue weighted by molar-refractivity contribution is 6.32. The molecule has 0 aromatic carbocycles. The third-order valence-corrected chi connectivity index (χ3v) is 2.31. The van der Waals surface area contributed by atoms with Crippen LogP contribution in [0.3, 0.4) is 0 Å². The first-order chi connectivity index (χ1) is 7.68. The van der Waals surface area contributed by atoms with Crippen molar-refractivity contribution in [2.24, 2.45) is 0 Å². The summed E-state index contributed by atoms with van der Waals surface area (Å²) in [5, 5.41) is 10.8. The van der Waals surface area contributed by atoms with Crippen molar-refractivity contribution in [3.05, 3.63) is 52.1 Å². The smallest absolute Gasteiger partial charge is 0.264 e. The molecule has 2 rings (SSSR count). The molecule has 0 saturated heterocycles. The van der Waals surface area contributed by atoms with Crippen LogP contribution >= 0.6 is 11.6 Å². The highest BCUT2D eigenvalue weighted by Crippen LogP contribution is 2.28. The van der Waals surface area contributed by atoms with Crippen molar-refractivity contribution in [3.63, 3.8) is 0 Å². The maximum Gasteiger partial charge on any atom is 0.288 e. The second kappa shape index (κ2) is 4.24. The summed E-state index contributed by atoms with van der Waals surface area (Å²) < 4.78 is 0. The Morgan fingerprint density at radius 3 is 2.81 bits per heavy atom. The standard InChI is InChI=1S/C10H6ClN3O2/c11-10-9(7-2-1-3-12-5-7)4-8(6-13-10)14(15)16/h1-6H. The summed E-state index contributed by atoms with van der Waals surface area (Å²) in [5.41, 5.74) is 1.11. The van der Waals surface area contributed by atoms with Gasteiger partial charge in [-0.25, -0.2) is 4.98 Å². The zero-order chi connectivity index (χ0) is 11.5. The normalized spacial score (nSPS) is 10.1. The SMILES string of the molecule is O=[N+]([O-])c1cnc(Cl)c(-c2cccnc2)c1. The molecule has 0 unspecified atom stereocenters. The van der Waals surface area contributed by atoms with Gasteiger partial charge in [-0.15, -0.1) is 0 Å². The van der Waals surface area contributed by atoms with Crippen LogP contribution in [0.15, 0.2) is 36.8 Å². The largest absolute Gasteiger partial charge is 0.288 e. The summed E-state index contributed by atoms with van der Waals surface area (Å²) in [5.74, 6) is 0. The van der Waals surface area contributed by atoms with Crippen molar-refractivity contribution in [2.75, 3.05) is 0 Å². The lowest BCUT2D eigenvalue weighted by Gasteiger charge is -2.02. The van der Waals surface area contributed by atoms with Gasteiger partial charge in [0.15, 0.2) is 0 Å². The molecule has 5 nitrogen and oxygen atoms in total. The Labute approximate surface area is 95.9 Å². The van der Waals surface area contributed by atoms with Gasteiger partial charge in [0, 0.05) is 29.6 Å². The van der Waals surface area contributed by atoms with Gasteiger partial charge in [0.1, 0.15) is 11.3 Å². The van der Waals surface area contributed by atoms with E-state index in [2.05, 4.69) is 9.97 Å². The molecular weight excluding hydrogens is 230 g/mol. The van der Waals surface area contributed by atoms with E-state index in [4.69, 9.17) is 11.6 Å². The number of nitrogens with zero attached hydrogens (tertiary/aromatic N) is 3. The average molecular weight is 236 g/mol. The van der Waals surface area contributed by atoms with Gasteiger partial charge in [0.2, 0.25) is 0 Å². The summed E-state index contributed by atoms with van der Waals surface area (Å²) in [6.45, 7) is 0. The summed E-state index contributed by atoms with van der Waals surface area (Å²) in [7, 11) is 0. The Hall–Kier alpha value is -2.01. The van der Waals surface area contributed by atoms with E-state index in [1.54, 1.807) is 24.5 Å². The van der Waals surface area contributed by atoms with Crippen LogP contribution in [-0.4, -0.2) is 14.9 Å². The van der Waals surface area contributed by atoms with Gasteiger partial charge in [-0.05, 0) is 6.07 Å². The summed E-state index contributed by atoms with van der Waals surface area (Å²) in [6.07, 6.45) is 4.32. The van der Waals surface area contributed by atoms with E-state index in [0.717, 1.165) is 6.20 Å². The van der Waals surface area contributed by atoms with Gasteiger partial charge in [0.05, 0.1) is 4.92 Å². The van der Waals surface area contributed by atoms with E-state index in [-0.39, 0.29) is 10.8 Å². The highest BCUT2D eigenvalue weighted by atomic mass is 35.5. The monoisotopic (exact) mass is 235 g/mol. The van der Waals surface area contributed by atoms with Crippen LogP contribution in [-0.2, 0) is 0 Å². The predicted octanol–water partition coefficient (Wildman–Crippen LogP) is 2.71. The molecule has 16 heavy (non-hydrogen) atoms. The molecular formula is C10H6ClN3O2. The molecule has 0 bridgehead atoms. The minimum Gasteiger partial charge on any atom is -0.264 e. The van der Waals surface area contributed by atoms with Crippen molar-refractivity contribution < 1.29 is 4.92 Å². The highest BCUT2D eigenvalue weighted by Gasteiger charge is 2.12. The maximum absolute atomic E-state index is 10.6. The van der Waals surface area contributed by atoms with Crippen LogP contribution in [0, 0.1) is 10.1 Å². The fraction of sp³-hybridized carbons (Fsp3) is 0. The zero-order valence-electron chi connectivity index (χ0n) is 8.00. The van der Waals surface area contributed by atoms with Crippen molar-refractivity contribution >= 4 is 17.3 Å². The number of hydrogen-bond donors (Lipinski definition) is 0. The fourth-order valence-electron chi connectivity index (χ4n) is 1.26. The predicted molar refractivity (Wildman–Crippen MR) is 59.1 cm³/mol. The van der Waals surface area contributed by atoms with E-state index in [1.165, 1.54) is 6.07 Å². The lowest BCUT2D eigenvalue weighted by Crippen LogP contribution is -1.91. The first kappa shape index (κ1) is 10.5. The molecule has 2 aromatic rings. The Morgan fingerprint density at radius 2 is 2.19 bits per heavy atom. The van der Waals surface area contributed by atoms with Crippen LogP contribution in [0.4, 0.5) is 5.69 Å². The average Bonchev–Trinajstić information content (AvgIpc) is 2.30. The minimum atomic E-state index is -0.511. The second-order valence-corrected chi connectivity index (χ2v) is 3.39. The number of nitro groups is 1. The number of hydrogen-bond acceptors (Lipinski definition) is 4. The molecule has 0 N–H and O–H groups in total. The molecule has 0 amide bonds. The number of pyridine rings is 2. The Bertz CT molecular complexity index is 531. The first-order valence-electron chi connectivity index (χ1n) is 4.39. The molecule has 6 heteroatoms. The van der Waals surface area contributed by atoms with Crippen LogP contribution in [0.2, 0.25) is 5.15 Å². The van der Waals surface area contributed by atoms with E-state index in [0.29, 0.717) is 11.1 Å². The van der Waals surface area contributed by atoms with Crippen LogP contribution < -0.4 is 0 Å². The summed E-state index contributed by atoms with van der Waals surface area (Å²) in [4.78, 5) is 17.8. The molecule has 2 heterocycles. The second-order valence-electron chi connectivity index (χ2n) is 3.03. The van der Waals surface area contributed by atoms with E-state index in [9.17, 15) is 10.1 Å². The lowest BCUT2D eigenvalue weighted by atomic mass is 10.1. The molecule has 0 radical (unpaired) electrons. The molecule has 0 aliphatic heterocycles. The molecule has 2 aromatic heterocycles. The van der Waals surface area contributed by atoms with Crippen LogP contribution in [0.1, 0.15) is 0 Å². The van der Waals surface area contributed by atoms with Crippen LogP contribution in [0.5, 0.6) is 0 Å². The summed E-state index contributed by atoms with van der Waals surface area (Å²) >= 11 is 5.87. The topological polar surface area (TPSA) is 68.9 Å². The van der Waals surface area contributed by atoms with Gasteiger partial charge in [-0.2, -0.15) is 0 Å². The van der Waals surface area contributed by atoms with Crippen molar-refractivity contribution in [3.8, 4) is 11.1 Å². The Balaban J connectivity index is 2.56.